The van der Waals surface area contributed by atoms with E-state index in [0.717, 1.165) is 19.3 Å². The molecule has 0 saturated carbocycles. The van der Waals surface area contributed by atoms with Crippen LogP contribution in [-0.2, 0) is 18.3 Å². The summed E-state index contributed by atoms with van der Waals surface area (Å²) in [5.41, 5.74) is 5.57. The first-order valence-corrected chi connectivity index (χ1v) is 13.1. The van der Waals surface area contributed by atoms with Crippen LogP contribution in [0.5, 0.6) is 0 Å². The van der Waals surface area contributed by atoms with Crippen LogP contribution in [0.2, 0.25) is 0 Å². The van der Waals surface area contributed by atoms with Crippen molar-refractivity contribution in [2.45, 2.75) is 64.0 Å². The van der Waals surface area contributed by atoms with Crippen molar-refractivity contribution in [1.29, 1.82) is 0 Å². The van der Waals surface area contributed by atoms with Crippen LogP contribution in [0.4, 0.5) is 0 Å². The lowest BCUT2D eigenvalue weighted by molar-refractivity contribution is 0.225. The van der Waals surface area contributed by atoms with Gasteiger partial charge in [0.2, 0.25) is 0 Å². The molecule has 1 nitrogen and oxygen atoms in total. The fraction of sp³-hybridized carbons (Fsp3) is 0.355. The number of hydrogen-bond acceptors (Lipinski definition) is 1. The molecule has 0 spiro atoms. The van der Waals surface area contributed by atoms with Gasteiger partial charge in [0.05, 0.1) is 0 Å². The first-order valence-electron chi connectivity index (χ1n) is 12.3. The Morgan fingerprint density at radius 2 is 1.73 bits per heavy atom. The Balaban J connectivity index is 1.84. The van der Waals surface area contributed by atoms with Crippen LogP contribution >= 0.6 is 15.9 Å². The number of fused-ring (bicyclic) bond motifs is 1. The molecule has 2 unspecified atom stereocenters. The van der Waals surface area contributed by atoms with Crippen molar-refractivity contribution < 1.29 is 0 Å². The van der Waals surface area contributed by atoms with E-state index < -0.39 is 0 Å². The minimum atomic E-state index is -0.104. The van der Waals surface area contributed by atoms with Crippen LogP contribution in [0.3, 0.4) is 0 Å². The van der Waals surface area contributed by atoms with Gasteiger partial charge in [-0.15, -0.1) is 0 Å². The van der Waals surface area contributed by atoms with Crippen molar-refractivity contribution in [1.82, 2.24) is 5.32 Å². The predicted molar refractivity (Wildman–Crippen MR) is 145 cm³/mol. The number of allylic oxidation sites excluding steroid dienone is 1. The fourth-order valence-corrected chi connectivity index (χ4v) is 6.01. The van der Waals surface area contributed by atoms with Gasteiger partial charge in [-0.2, -0.15) is 0 Å². The van der Waals surface area contributed by atoms with Crippen molar-refractivity contribution >= 4 is 15.9 Å². The second-order valence-electron chi connectivity index (χ2n) is 9.65. The van der Waals surface area contributed by atoms with Crippen molar-refractivity contribution in [3.8, 4) is 0 Å². The van der Waals surface area contributed by atoms with Gasteiger partial charge in [0, 0.05) is 22.0 Å². The Morgan fingerprint density at radius 3 is 2.42 bits per heavy atom. The van der Waals surface area contributed by atoms with E-state index in [9.17, 15) is 0 Å². The van der Waals surface area contributed by atoms with E-state index in [0.29, 0.717) is 12.0 Å². The third-order valence-corrected chi connectivity index (χ3v) is 7.67. The Labute approximate surface area is 208 Å². The summed E-state index contributed by atoms with van der Waals surface area (Å²) in [5.74, 6) is 0.507. The van der Waals surface area contributed by atoms with Gasteiger partial charge in [0.1, 0.15) is 0 Å². The lowest BCUT2D eigenvalue weighted by Crippen LogP contribution is -2.56. The van der Waals surface area contributed by atoms with Crippen LogP contribution in [0.1, 0.15) is 61.9 Å². The van der Waals surface area contributed by atoms with Crippen molar-refractivity contribution in [2.75, 3.05) is 0 Å². The molecule has 1 aliphatic carbocycles. The highest BCUT2D eigenvalue weighted by Gasteiger charge is 2.46. The van der Waals surface area contributed by atoms with Crippen LogP contribution < -0.4 is 5.32 Å². The summed E-state index contributed by atoms with van der Waals surface area (Å²) < 4.78 is 1.17. The van der Waals surface area contributed by atoms with Crippen LogP contribution in [0.25, 0.3) is 0 Å². The summed E-state index contributed by atoms with van der Waals surface area (Å²) in [6.07, 6.45) is 9.32. The zero-order chi connectivity index (χ0) is 23.3. The van der Waals surface area contributed by atoms with E-state index in [1.165, 1.54) is 33.1 Å². The highest BCUT2D eigenvalue weighted by molar-refractivity contribution is 9.10. The molecule has 0 fully saturated rings. The van der Waals surface area contributed by atoms with Crippen molar-refractivity contribution in [3.63, 3.8) is 0 Å². The first kappa shape index (κ1) is 24.0. The van der Waals surface area contributed by atoms with Crippen LogP contribution in [0.15, 0.2) is 95.5 Å². The molecule has 0 aliphatic heterocycles. The van der Waals surface area contributed by atoms with Gasteiger partial charge < -0.3 is 5.32 Å². The fourth-order valence-electron chi connectivity index (χ4n) is 5.60. The van der Waals surface area contributed by atoms with Crippen molar-refractivity contribution in [3.05, 3.63) is 118 Å². The van der Waals surface area contributed by atoms with Gasteiger partial charge in [-0.3, -0.25) is 0 Å². The van der Waals surface area contributed by atoms with Gasteiger partial charge in [-0.25, -0.2) is 0 Å². The normalized spacial score (nSPS) is 23.4. The number of rotatable bonds is 8. The van der Waals surface area contributed by atoms with E-state index in [1.54, 1.807) is 0 Å². The zero-order valence-corrected chi connectivity index (χ0v) is 21.7. The molecule has 3 aromatic carbocycles. The van der Waals surface area contributed by atoms with Gasteiger partial charge in [-0.05, 0) is 66.5 Å². The van der Waals surface area contributed by atoms with Crippen LogP contribution in [-0.4, -0.2) is 6.04 Å². The SMILES string of the molecule is CCCC=C[C@@]1(Cc2ccccc2)c2ccc(Br)cc2CC(C)C1N[C@@H](C)c1ccccc1. The minimum absolute atomic E-state index is 0.104. The molecule has 172 valence electrons. The number of unbranched alkanes of at least 4 members (excludes halogenated alkanes) is 1. The highest BCUT2D eigenvalue weighted by atomic mass is 79.9. The summed E-state index contributed by atoms with van der Waals surface area (Å²) in [4.78, 5) is 0. The smallest absolute Gasteiger partial charge is 0.0331 e. The zero-order valence-electron chi connectivity index (χ0n) is 20.1. The lowest BCUT2D eigenvalue weighted by atomic mass is 9.60. The Kier molecular flexibility index (Phi) is 7.88. The lowest BCUT2D eigenvalue weighted by Gasteiger charge is -2.49. The predicted octanol–water partition coefficient (Wildman–Crippen LogP) is 8.20. The van der Waals surface area contributed by atoms with E-state index in [-0.39, 0.29) is 11.5 Å². The summed E-state index contributed by atoms with van der Waals surface area (Å²) >= 11 is 3.73. The molecular weight excluding hydrogens is 466 g/mol. The minimum Gasteiger partial charge on any atom is -0.306 e. The number of halogens is 1. The average molecular weight is 503 g/mol. The molecule has 33 heavy (non-hydrogen) atoms. The molecule has 0 bridgehead atoms. The topological polar surface area (TPSA) is 12.0 Å². The maximum absolute atomic E-state index is 4.12. The van der Waals surface area contributed by atoms with E-state index in [4.69, 9.17) is 0 Å². The maximum atomic E-state index is 4.12. The molecule has 4 rings (SSSR count). The maximum Gasteiger partial charge on any atom is 0.0331 e. The van der Waals surface area contributed by atoms with Gasteiger partial charge in [0.25, 0.3) is 0 Å². The summed E-state index contributed by atoms with van der Waals surface area (Å²) in [6.45, 7) is 6.99. The molecular formula is C31H36BrN. The molecule has 0 aromatic heterocycles. The van der Waals surface area contributed by atoms with Gasteiger partial charge in [-0.1, -0.05) is 115 Å². The monoisotopic (exact) mass is 501 g/mol. The molecule has 0 amide bonds. The number of hydrogen-bond donors (Lipinski definition) is 1. The van der Waals surface area contributed by atoms with Crippen molar-refractivity contribution in [2.24, 2.45) is 5.92 Å². The molecule has 1 N–H and O–H groups in total. The third-order valence-electron chi connectivity index (χ3n) is 7.17. The second kappa shape index (κ2) is 10.8. The number of benzene rings is 3. The third kappa shape index (κ3) is 5.34. The molecule has 0 saturated heterocycles. The average Bonchev–Trinajstić information content (AvgIpc) is 2.82. The quantitative estimate of drug-likeness (QED) is 0.306. The van der Waals surface area contributed by atoms with E-state index in [1.807, 2.05) is 0 Å². The van der Waals surface area contributed by atoms with Crippen LogP contribution in [0, 0.1) is 5.92 Å². The summed E-state index contributed by atoms with van der Waals surface area (Å²) in [5, 5.41) is 4.12. The van der Waals surface area contributed by atoms with E-state index >= 15 is 0 Å². The molecule has 0 radical (unpaired) electrons. The number of nitrogens with one attached hydrogen (secondary N) is 1. The molecule has 1 aliphatic rings. The first-order chi connectivity index (χ1) is 16.0. The molecule has 0 heterocycles. The highest BCUT2D eigenvalue weighted by Crippen LogP contribution is 2.45. The molecule has 3 aromatic rings. The molecule has 4 atom stereocenters. The van der Waals surface area contributed by atoms with E-state index in [2.05, 4.69) is 133 Å². The summed E-state index contributed by atoms with van der Waals surface area (Å²) in [6, 6.07) is 29.4. The Hall–Kier alpha value is -2.16. The Bertz CT molecular complexity index is 1060. The second-order valence-corrected chi connectivity index (χ2v) is 10.6. The van der Waals surface area contributed by atoms with Gasteiger partial charge in [0.15, 0.2) is 0 Å². The Morgan fingerprint density at radius 1 is 1.03 bits per heavy atom. The largest absolute Gasteiger partial charge is 0.306 e. The summed E-state index contributed by atoms with van der Waals surface area (Å²) in [7, 11) is 0. The van der Waals surface area contributed by atoms with Gasteiger partial charge >= 0.3 is 0 Å². The molecule has 2 heteroatoms. The standard InChI is InChI=1S/C31H36BrN/c1-4-5-12-19-31(22-25-13-8-6-9-14-25)29-18-17-28(32)21-27(29)20-23(2)30(31)33-24(3)26-15-10-7-11-16-26/h6-19,21,23-24,30,33H,4-5,20,22H2,1-3H3/t23?,24-,30?,31+/m0/s1.